The summed E-state index contributed by atoms with van der Waals surface area (Å²) in [5, 5.41) is 0. The van der Waals surface area contributed by atoms with Crippen molar-refractivity contribution in [2.45, 2.75) is 122 Å². The molecule has 0 N–H and O–H groups in total. The average molecular weight is 534 g/mol. The van der Waals surface area contributed by atoms with Crippen molar-refractivity contribution in [1.29, 1.82) is 0 Å². The van der Waals surface area contributed by atoms with Crippen LogP contribution in [-0.4, -0.2) is 0 Å². The van der Waals surface area contributed by atoms with Crippen molar-refractivity contribution < 1.29 is 56.2 Å². The van der Waals surface area contributed by atoms with Gasteiger partial charge in [-0.2, -0.15) is 0 Å². The number of rotatable bonds is 3. The van der Waals surface area contributed by atoms with E-state index in [1.807, 2.05) is 0 Å². The molecule has 0 saturated carbocycles. The van der Waals surface area contributed by atoms with Gasteiger partial charge >= 0.3 is 0 Å². The summed E-state index contributed by atoms with van der Waals surface area (Å²) in [5.74, 6) is -1.34. The lowest BCUT2D eigenvalue weighted by Gasteiger charge is -2.42. The third-order valence-corrected chi connectivity index (χ3v) is 5.85. The second-order valence-corrected chi connectivity index (χ2v) is 9.19. The minimum Gasteiger partial charge on any atom is -0.0587 e. The Hall–Kier alpha value is -2.34. The topological polar surface area (TPSA) is 0 Å². The van der Waals surface area contributed by atoms with Crippen molar-refractivity contribution >= 4 is 0 Å². The van der Waals surface area contributed by atoms with E-state index in [2.05, 4.69) is 0 Å². The molecule has 3 aromatic rings. The third-order valence-electron chi connectivity index (χ3n) is 5.85. The quantitative estimate of drug-likeness (QED) is 0.314. The van der Waals surface area contributed by atoms with Crippen LogP contribution in [0.25, 0.3) is 22.3 Å². The fourth-order valence-corrected chi connectivity index (χ4v) is 3.84. The van der Waals surface area contributed by atoms with Crippen LogP contribution in [0.4, 0.5) is 0 Å². The van der Waals surface area contributed by atoms with Gasteiger partial charge in [0.15, 0.2) is 0 Å². The van der Waals surface area contributed by atoms with Crippen molar-refractivity contribution in [3.05, 3.63) is 82.2 Å². The standard InChI is InChI=1S/C37H48/c1-24(2)27-19-28(25-11-13-30-32(22-25)36(7,8)17-15-34(30,3)4)21-29(20-27)26-12-14-31-33(23-26)37(9,10)18-16-35(31,5)6/h11-14,19-24H,15-18H2,1-10H3/i3D3,4D3,5D3,6D3,7D3,8D3,9D3,10D3,11D,12D,13D,14D,15D2,16D2,17D2,18D2,19D,20D,21D,22D,23D. The molecule has 0 unspecified atom stereocenters. The van der Waals surface area contributed by atoms with Crippen LogP contribution in [0.15, 0.2) is 54.4 Å². The first-order valence-electron chi connectivity index (χ1n) is 31.4. The highest BCUT2D eigenvalue weighted by Gasteiger charge is 2.38. The van der Waals surface area contributed by atoms with Crippen LogP contribution in [-0.2, 0) is 21.7 Å². The zero-order chi connectivity index (χ0) is 62.0. The summed E-state index contributed by atoms with van der Waals surface area (Å²) in [6, 6.07) is -15.6. The molecular weight excluding hydrogens is 444 g/mol. The molecule has 3 aromatic carbocycles. The van der Waals surface area contributed by atoms with Gasteiger partial charge in [-0.05, 0) is 109 Å². The van der Waals surface area contributed by atoms with E-state index in [1.165, 1.54) is 13.8 Å². The Labute approximate surface area is 284 Å². The highest BCUT2D eigenvalue weighted by atomic mass is 14.4. The van der Waals surface area contributed by atoms with E-state index in [1.54, 1.807) is 0 Å². The molecule has 2 aliphatic rings. The fraction of sp³-hybridized carbons (Fsp3) is 0.514. The van der Waals surface area contributed by atoms with Crippen molar-refractivity contribution in [1.82, 2.24) is 0 Å². The van der Waals surface area contributed by atoms with Crippen molar-refractivity contribution in [2.24, 2.45) is 0 Å². The van der Waals surface area contributed by atoms with Gasteiger partial charge < -0.3 is 0 Å². The molecule has 0 radical (unpaired) electrons. The summed E-state index contributed by atoms with van der Waals surface area (Å²) in [7, 11) is 0. The van der Waals surface area contributed by atoms with E-state index in [9.17, 15) is 17.8 Å². The summed E-state index contributed by atoms with van der Waals surface area (Å²) < 4.78 is 364. The molecule has 0 saturated heterocycles. The Balaban J connectivity index is 2.36. The van der Waals surface area contributed by atoms with E-state index in [4.69, 9.17) is 38.4 Å². The minimum atomic E-state index is -4.85. The monoisotopic (exact) mass is 534 g/mol. The van der Waals surface area contributed by atoms with E-state index in [0.29, 0.717) is 0 Å². The molecule has 37 heavy (non-hydrogen) atoms. The molecule has 2 aliphatic carbocycles. The lowest BCUT2D eigenvalue weighted by molar-refractivity contribution is 0.332. The molecule has 0 heteroatoms. The summed E-state index contributed by atoms with van der Waals surface area (Å²) in [6.07, 6.45) is -19.3. The predicted octanol–water partition coefficient (Wildman–Crippen LogP) is 10.8. The molecular formula is C37H48. The molecule has 0 aliphatic heterocycles. The summed E-state index contributed by atoms with van der Waals surface area (Å²) in [4.78, 5) is 0. The Bertz CT molecular complexity index is 2720. The highest BCUT2D eigenvalue weighted by Crippen LogP contribution is 2.48. The van der Waals surface area contributed by atoms with Gasteiger partial charge in [-0.15, -0.1) is 0 Å². The average Bonchev–Trinajstić information content (AvgIpc) is 3.15. The van der Waals surface area contributed by atoms with Crippen LogP contribution in [0.1, 0.15) is 184 Å². The number of fused-ring (bicyclic) bond motifs is 2. The molecule has 0 aromatic heterocycles. The van der Waals surface area contributed by atoms with Crippen molar-refractivity contribution in [3.63, 3.8) is 0 Å². The van der Waals surface area contributed by atoms with E-state index in [0.717, 1.165) is 0 Å². The van der Waals surface area contributed by atoms with Crippen molar-refractivity contribution in [2.75, 3.05) is 0 Å². The molecule has 0 spiro atoms. The lowest BCUT2D eigenvalue weighted by Crippen LogP contribution is -2.33. The smallest absolute Gasteiger partial charge is 0.0587 e. The molecule has 0 fully saturated rings. The first-order chi connectivity index (χ1) is 34.0. The minimum absolute atomic E-state index is 0.796. The van der Waals surface area contributed by atoms with E-state index < -0.39 is 212 Å². The largest absolute Gasteiger partial charge is 0.0636 e. The van der Waals surface area contributed by atoms with Gasteiger partial charge in [0.05, 0.1) is 12.3 Å². The van der Waals surface area contributed by atoms with Crippen LogP contribution < -0.4 is 0 Å². The molecule has 5 rings (SSSR count). The molecule has 196 valence electrons. The van der Waals surface area contributed by atoms with Gasteiger partial charge in [-0.3, -0.25) is 0 Å². The highest BCUT2D eigenvalue weighted by molar-refractivity contribution is 5.76. The normalized spacial score (nSPS) is 45.2. The van der Waals surface area contributed by atoms with Gasteiger partial charge in [0, 0.05) is 43.9 Å². The van der Waals surface area contributed by atoms with Gasteiger partial charge in [-0.25, -0.2) is 0 Å². The maximum Gasteiger partial charge on any atom is 0.0636 e. The Morgan fingerprint density at radius 2 is 0.919 bits per heavy atom. The van der Waals surface area contributed by atoms with Crippen molar-refractivity contribution in [3.8, 4) is 22.3 Å². The first kappa shape index (κ1) is 6.19. The Morgan fingerprint density at radius 3 is 1.27 bits per heavy atom. The number of benzene rings is 3. The third kappa shape index (κ3) is 4.60. The maximum absolute atomic E-state index is 9.70. The number of hydrogen-bond acceptors (Lipinski definition) is 0. The Morgan fingerprint density at radius 1 is 0.541 bits per heavy atom. The SMILES string of the molecule is [2H]c1c([2H])c2c(c([2H])c1-c1c([2H])c(-c3c([2H])c([2H])c4c(c3[2H])C(C([2H])([2H])[2H])(C([2H])([2H])[2H])C([2H])([2H])C([2H])([2H])C4(C([2H])([2H])[2H])C([2H])([2H])[2H])c([2H])c(C(C)C)c1[2H])C(C([2H])([2H])[2H])(C([2H])([2H])[2H])C([2H])([2H])C([2H])([2H])C2(C([2H])([2H])[2H])C([2H])([2H])[2H]. The lowest BCUT2D eigenvalue weighted by atomic mass is 9.62. The second kappa shape index (κ2) is 8.59. The predicted molar refractivity (Wildman–Crippen MR) is 162 cm³/mol. The zero-order valence-corrected chi connectivity index (χ0v) is 19.6. The van der Waals surface area contributed by atoms with E-state index >= 15 is 0 Å². The van der Waals surface area contributed by atoms with Gasteiger partial charge in [0.2, 0.25) is 0 Å². The summed E-state index contributed by atoms with van der Waals surface area (Å²) >= 11 is 0. The van der Waals surface area contributed by atoms with E-state index in [-0.39, 0.29) is 0 Å². The maximum atomic E-state index is 9.70. The second-order valence-electron chi connectivity index (χ2n) is 9.19. The molecule has 0 atom stereocenters. The molecule has 0 heterocycles. The molecule has 0 amide bonds. The molecule has 0 nitrogen and oxygen atoms in total. The Kier molecular flexibility index (Phi) is 1.44. The van der Waals surface area contributed by atoms with Gasteiger partial charge in [-0.1, -0.05) is 117 Å². The van der Waals surface area contributed by atoms with Crippen LogP contribution >= 0.6 is 0 Å². The number of hydrogen-bond donors (Lipinski definition) is 0. The fourth-order valence-electron chi connectivity index (χ4n) is 3.84. The van der Waals surface area contributed by atoms with Crippen LogP contribution in [0.3, 0.4) is 0 Å². The summed E-state index contributed by atoms with van der Waals surface area (Å²) in [6.45, 7) is -34.0. The zero-order valence-electron chi connectivity index (χ0n) is 60.6. The van der Waals surface area contributed by atoms with Crippen LogP contribution in [0, 0.1) is 0 Å². The molecule has 0 bridgehead atoms. The summed E-state index contributed by atoms with van der Waals surface area (Å²) in [5.41, 5.74) is -33.6. The van der Waals surface area contributed by atoms with Gasteiger partial charge in [0.25, 0.3) is 0 Å². The van der Waals surface area contributed by atoms with Crippen LogP contribution in [0.2, 0.25) is 0 Å². The first-order valence-corrected chi connectivity index (χ1v) is 10.9. The van der Waals surface area contributed by atoms with Crippen LogP contribution in [0.5, 0.6) is 0 Å². The van der Waals surface area contributed by atoms with Gasteiger partial charge in [0.1, 0.15) is 0 Å².